The van der Waals surface area contributed by atoms with Crippen molar-refractivity contribution in [1.82, 2.24) is 0 Å². The highest BCUT2D eigenvalue weighted by molar-refractivity contribution is 9.10. The number of rotatable bonds is 4. The van der Waals surface area contributed by atoms with Gasteiger partial charge in [0.25, 0.3) is 11.8 Å². The number of aryl methyl sites for hydroxylation is 1. The molecule has 2 aromatic carbocycles. The summed E-state index contributed by atoms with van der Waals surface area (Å²) in [6.07, 6.45) is 1.44. The number of benzene rings is 2. The van der Waals surface area contributed by atoms with Crippen LogP contribution >= 0.6 is 15.9 Å². The molecule has 3 rings (SSSR count). The second-order valence-corrected chi connectivity index (χ2v) is 6.34. The van der Waals surface area contributed by atoms with Crippen LogP contribution in [0.4, 0.5) is 11.4 Å². The van der Waals surface area contributed by atoms with E-state index in [1.165, 1.54) is 6.26 Å². The Hall–Kier alpha value is -2.86. The van der Waals surface area contributed by atoms with Crippen molar-refractivity contribution in [3.05, 3.63) is 82.2 Å². The number of amides is 2. The van der Waals surface area contributed by atoms with Crippen molar-refractivity contribution in [1.29, 1.82) is 0 Å². The molecule has 25 heavy (non-hydrogen) atoms. The predicted octanol–water partition coefficient (Wildman–Crippen LogP) is 4.86. The molecule has 1 aromatic heterocycles. The van der Waals surface area contributed by atoms with E-state index < -0.39 is 0 Å². The molecule has 0 saturated carbocycles. The first kappa shape index (κ1) is 17.0. The Bertz CT molecular complexity index is 903. The third-order valence-corrected chi connectivity index (χ3v) is 4.08. The van der Waals surface area contributed by atoms with Gasteiger partial charge in [-0.25, -0.2) is 0 Å². The van der Waals surface area contributed by atoms with Crippen LogP contribution in [0, 0.1) is 6.92 Å². The van der Waals surface area contributed by atoms with Crippen LogP contribution in [0.3, 0.4) is 0 Å². The first-order chi connectivity index (χ1) is 12.0. The van der Waals surface area contributed by atoms with E-state index in [9.17, 15) is 9.59 Å². The summed E-state index contributed by atoms with van der Waals surface area (Å²) in [4.78, 5) is 24.3. The summed E-state index contributed by atoms with van der Waals surface area (Å²) in [6, 6.07) is 15.5. The van der Waals surface area contributed by atoms with Crippen molar-refractivity contribution in [3.8, 4) is 0 Å². The van der Waals surface area contributed by atoms with Crippen LogP contribution in [0.2, 0.25) is 0 Å². The van der Waals surface area contributed by atoms with E-state index in [2.05, 4.69) is 26.6 Å². The highest BCUT2D eigenvalue weighted by Gasteiger charge is 2.11. The number of carbonyl (C=O) groups excluding carboxylic acids is 2. The standard InChI is InChI=1S/C19H15BrN2O3/c1-12-11-14(20)6-9-16(12)22-18(23)13-4-7-15(8-5-13)21-19(24)17-3-2-10-25-17/h2-11H,1H3,(H,21,24)(H,22,23). The quantitative estimate of drug-likeness (QED) is 0.659. The van der Waals surface area contributed by atoms with Gasteiger partial charge >= 0.3 is 0 Å². The van der Waals surface area contributed by atoms with Gasteiger partial charge in [-0.2, -0.15) is 0 Å². The van der Waals surface area contributed by atoms with Gasteiger partial charge in [0.15, 0.2) is 5.76 Å². The summed E-state index contributed by atoms with van der Waals surface area (Å²) >= 11 is 3.40. The molecule has 2 N–H and O–H groups in total. The second kappa shape index (κ2) is 7.36. The monoisotopic (exact) mass is 398 g/mol. The average Bonchev–Trinajstić information content (AvgIpc) is 3.13. The fourth-order valence-corrected chi connectivity index (χ4v) is 2.74. The molecule has 0 aliphatic carbocycles. The van der Waals surface area contributed by atoms with Crippen molar-refractivity contribution < 1.29 is 14.0 Å². The lowest BCUT2D eigenvalue weighted by atomic mass is 10.1. The number of furan rings is 1. The molecule has 0 unspecified atom stereocenters. The zero-order valence-electron chi connectivity index (χ0n) is 13.4. The zero-order valence-corrected chi connectivity index (χ0v) is 15.0. The number of hydrogen-bond acceptors (Lipinski definition) is 3. The number of hydrogen-bond donors (Lipinski definition) is 2. The number of halogens is 1. The summed E-state index contributed by atoms with van der Waals surface area (Å²) in [5, 5.41) is 5.58. The fourth-order valence-electron chi connectivity index (χ4n) is 2.27. The van der Waals surface area contributed by atoms with Crippen LogP contribution in [-0.2, 0) is 0 Å². The second-order valence-electron chi connectivity index (χ2n) is 5.42. The molecule has 3 aromatic rings. The van der Waals surface area contributed by atoms with Gasteiger partial charge in [0, 0.05) is 21.4 Å². The highest BCUT2D eigenvalue weighted by atomic mass is 79.9. The number of anilines is 2. The van der Waals surface area contributed by atoms with Crippen LogP contribution in [0.1, 0.15) is 26.5 Å². The first-order valence-electron chi connectivity index (χ1n) is 7.55. The highest BCUT2D eigenvalue weighted by Crippen LogP contribution is 2.21. The Morgan fingerprint density at radius 1 is 0.960 bits per heavy atom. The van der Waals surface area contributed by atoms with Crippen molar-refractivity contribution in [2.45, 2.75) is 6.92 Å². The molecule has 1 heterocycles. The maximum Gasteiger partial charge on any atom is 0.291 e. The maximum absolute atomic E-state index is 12.3. The van der Waals surface area contributed by atoms with E-state index >= 15 is 0 Å². The van der Waals surface area contributed by atoms with Crippen molar-refractivity contribution in [2.24, 2.45) is 0 Å². The molecule has 0 atom stereocenters. The third-order valence-electron chi connectivity index (χ3n) is 3.59. The lowest BCUT2D eigenvalue weighted by Gasteiger charge is -2.09. The van der Waals surface area contributed by atoms with E-state index in [4.69, 9.17) is 4.42 Å². The molecular weight excluding hydrogens is 384 g/mol. The van der Waals surface area contributed by atoms with Gasteiger partial charge < -0.3 is 15.1 Å². The molecule has 0 bridgehead atoms. The number of carbonyl (C=O) groups is 2. The lowest BCUT2D eigenvalue weighted by Crippen LogP contribution is -2.14. The Kier molecular flexibility index (Phi) is 5.00. The Labute approximate surface area is 153 Å². The normalized spacial score (nSPS) is 10.3. The van der Waals surface area contributed by atoms with E-state index in [0.29, 0.717) is 11.3 Å². The van der Waals surface area contributed by atoms with Gasteiger partial charge in [-0.3, -0.25) is 9.59 Å². The average molecular weight is 399 g/mol. The summed E-state index contributed by atoms with van der Waals surface area (Å²) < 4.78 is 5.99. The summed E-state index contributed by atoms with van der Waals surface area (Å²) in [6.45, 7) is 1.92. The zero-order chi connectivity index (χ0) is 17.8. The lowest BCUT2D eigenvalue weighted by molar-refractivity contribution is 0.0995. The Morgan fingerprint density at radius 3 is 2.36 bits per heavy atom. The van der Waals surface area contributed by atoms with Crippen molar-refractivity contribution >= 4 is 39.1 Å². The number of nitrogens with one attached hydrogen (secondary N) is 2. The molecule has 0 aliphatic heterocycles. The SMILES string of the molecule is Cc1cc(Br)ccc1NC(=O)c1ccc(NC(=O)c2ccco2)cc1. The molecule has 6 heteroatoms. The molecular formula is C19H15BrN2O3. The van der Waals surface area contributed by atoms with E-state index in [0.717, 1.165) is 15.7 Å². The largest absolute Gasteiger partial charge is 0.459 e. The van der Waals surface area contributed by atoms with Gasteiger partial charge in [0.2, 0.25) is 0 Å². The van der Waals surface area contributed by atoms with Crippen LogP contribution < -0.4 is 10.6 Å². The fraction of sp³-hybridized carbons (Fsp3) is 0.0526. The van der Waals surface area contributed by atoms with Gasteiger partial charge in [-0.1, -0.05) is 15.9 Å². The van der Waals surface area contributed by atoms with Gasteiger partial charge in [0.05, 0.1) is 6.26 Å². The van der Waals surface area contributed by atoms with Crippen LogP contribution in [0.25, 0.3) is 0 Å². The maximum atomic E-state index is 12.3. The molecule has 0 saturated heterocycles. The smallest absolute Gasteiger partial charge is 0.291 e. The van der Waals surface area contributed by atoms with E-state index in [-0.39, 0.29) is 17.6 Å². The van der Waals surface area contributed by atoms with Crippen molar-refractivity contribution in [2.75, 3.05) is 10.6 Å². The van der Waals surface area contributed by atoms with Gasteiger partial charge in [-0.15, -0.1) is 0 Å². The molecule has 5 nitrogen and oxygen atoms in total. The minimum atomic E-state index is -0.340. The Balaban J connectivity index is 1.67. The summed E-state index contributed by atoms with van der Waals surface area (Å²) in [5.74, 6) is -0.324. The minimum absolute atomic E-state index is 0.214. The van der Waals surface area contributed by atoms with E-state index in [1.54, 1.807) is 36.4 Å². The molecule has 2 amide bonds. The van der Waals surface area contributed by atoms with E-state index in [1.807, 2.05) is 25.1 Å². The third kappa shape index (κ3) is 4.16. The summed E-state index contributed by atoms with van der Waals surface area (Å²) in [5.41, 5.74) is 2.80. The van der Waals surface area contributed by atoms with Crippen LogP contribution in [-0.4, -0.2) is 11.8 Å². The molecule has 0 radical (unpaired) electrons. The first-order valence-corrected chi connectivity index (χ1v) is 8.34. The van der Waals surface area contributed by atoms with Crippen LogP contribution in [0.15, 0.2) is 69.8 Å². The molecule has 126 valence electrons. The van der Waals surface area contributed by atoms with Crippen LogP contribution in [0.5, 0.6) is 0 Å². The Morgan fingerprint density at radius 2 is 1.72 bits per heavy atom. The minimum Gasteiger partial charge on any atom is -0.459 e. The molecule has 0 aliphatic rings. The summed E-state index contributed by atoms with van der Waals surface area (Å²) in [7, 11) is 0. The topological polar surface area (TPSA) is 71.3 Å². The van der Waals surface area contributed by atoms with Gasteiger partial charge in [-0.05, 0) is 67.1 Å². The molecule has 0 fully saturated rings. The molecule has 0 spiro atoms. The van der Waals surface area contributed by atoms with Crippen molar-refractivity contribution in [3.63, 3.8) is 0 Å². The predicted molar refractivity (Wildman–Crippen MR) is 99.9 cm³/mol. The van der Waals surface area contributed by atoms with Gasteiger partial charge in [0.1, 0.15) is 0 Å².